The van der Waals surface area contributed by atoms with Gasteiger partial charge in [0.2, 0.25) is 11.9 Å². The summed E-state index contributed by atoms with van der Waals surface area (Å²) in [4.78, 5) is 37.9. The van der Waals surface area contributed by atoms with Crippen molar-refractivity contribution in [3.05, 3.63) is 36.7 Å². The van der Waals surface area contributed by atoms with E-state index in [1.54, 1.807) is 48.7 Å². The van der Waals surface area contributed by atoms with Crippen molar-refractivity contribution in [1.29, 1.82) is 0 Å². The lowest BCUT2D eigenvalue weighted by molar-refractivity contribution is -0.144. The molecule has 4 atom stereocenters. The fourth-order valence-electron chi connectivity index (χ4n) is 5.25. The number of nitrogens with zero attached hydrogens (tertiary/aromatic N) is 4. The molecule has 1 aliphatic rings. The minimum atomic E-state index is -3.73. The molecule has 14 nitrogen and oxygen atoms in total. The highest BCUT2D eigenvalue weighted by Crippen LogP contribution is 2.42. The minimum absolute atomic E-state index is 0.0259. The summed E-state index contributed by atoms with van der Waals surface area (Å²) in [5.41, 5.74) is 6.74. The van der Waals surface area contributed by atoms with Crippen molar-refractivity contribution >= 4 is 47.6 Å². The molecule has 3 heterocycles. The molecule has 1 aromatic carbocycles. The molecule has 0 bridgehead atoms. The number of imidazole rings is 1. The normalized spacial score (nSPS) is 18.2. The number of fused-ring (bicyclic) bond motifs is 1. The number of nitrogens with one attached hydrogen (secondary N) is 2. The van der Waals surface area contributed by atoms with Gasteiger partial charge in [0.05, 0.1) is 24.8 Å². The van der Waals surface area contributed by atoms with Crippen molar-refractivity contribution in [1.82, 2.24) is 24.6 Å². The minimum Gasteiger partial charge on any atom is -0.465 e. The molecule has 1 saturated heterocycles. The Morgan fingerprint density at radius 2 is 1.77 bits per heavy atom. The van der Waals surface area contributed by atoms with Gasteiger partial charge in [0.15, 0.2) is 29.5 Å². The van der Waals surface area contributed by atoms with E-state index < -0.39 is 32.0 Å². The summed E-state index contributed by atoms with van der Waals surface area (Å²) in [6.45, 7) is 5.58. The topological polar surface area (TPSA) is 182 Å². The molecule has 1 unspecified atom stereocenters. The van der Waals surface area contributed by atoms with Gasteiger partial charge in [0.1, 0.15) is 12.6 Å². The zero-order chi connectivity index (χ0) is 33.6. The number of unbranched alkanes of at least 4 members (excludes halogenated alkanes) is 8. The largest absolute Gasteiger partial charge is 0.465 e. The Bertz CT molecular complexity index is 1490. The monoisotopic (exact) mass is 673 g/mol. The Labute approximate surface area is 276 Å². The molecule has 0 saturated carbocycles. The fraction of sp³-hybridized carbons (Fsp3) is 0.594. The number of carbonyl (C=O) groups excluding carboxylic acids is 2. The van der Waals surface area contributed by atoms with Crippen molar-refractivity contribution in [3.63, 3.8) is 0 Å². The number of anilines is 2. The van der Waals surface area contributed by atoms with Crippen LogP contribution >= 0.6 is 7.52 Å². The van der Waals surface area contributed by atoms with Crippen LogP contribution < -0.4 is 21.4 Å². The summed E-state index contributed by atoms with van der Waals surface area (Å²) in [5.74, 6) is -0.500. The predicted octanol–water partition coefficient (Wildman–Crippen LogP) is 5.22. The molecule has 0 spiro atoms. The second kappa shape index (κ2) is 18.2. The van der Waals surface area contributed by atoms with Crippen LogP contribution in [0.3, 0.4) is 0 Å². The van der Waals surface area contributed by atoms with Crippen molar-refractivity contribution in [3.8, 4) is 0 Å². The number of nitrogen functional groups attached to an aromatic ring is 1. The summed E-state index contributed by atoms with van der Waals surface area (Å²) in [5, 5.41) is 6.03. The van der Waals surface area contributed by atoms with Crippen molar-refractivity contribution in [2.75, 3.05) is 30.9 Å². The Hall–Kier alpha value is -3.42. The van der Waals surface area contributed by atoms with Crippen LogP contribution in [0.1, 0.15) is 91.2 Å². The number of aromatic nitrogens is 4. The van der Waals surface area contributed by atoms with Crippen LogP contribution in [0.5, 0.6) is 0 Å². The number of hydrogen-bond donors (Lipinski definition) is 3. The standard InChI is InChI=1S/C32H48N7O7P/c1-4-6-7-8-9-10-11-12-16-19-25(40)35-29-28-30(37-32(33)36-29)39(22-34-28)26-20-44-27(46-26)21-45-47(42,24-17-14-13-15-18-24)38-23(3)31(41)43-5-2/h13-15,17-18,22-23,26-27H,4-12,16,19-21H2,1-3H3,(H,38,42)(H3,33,35,36,37,40)/t23-,26+,27+,47?/m0/s1. The summed E-state index contributed by atoms with van der Waals surface area (Å²) in [7, 11) is -3.73. The second-order valence-electron chi connectivity index (χ2n) is 11.5. The molecule has 0 radical (unpaired) electrons. The Morgan fingerprint density at radius 1 is 1.06 bits per heavy atom. The predicted molar refractivity (Wildman–Crippen MR) is 179 cm³/mol. The molecule has 4 rings (SSSR count). The first kappa shape index (κ1) is 36.4. The lowest BCUT2D eigenvalue weighted by Crippen LogP contribution is -2.37. The maximum absolute atomic E-state index is 14.0. The van der Waals surface area contributed by atoms with E-state index in [-0.39, 0.29) is 37.5 Å². The molecule has 258 valence electrons. The number of amides is 1. The first-order chi connectivity index (χ1) is 22.7. The van der Waals surface area contributed by atoms with Crippen molar-refractivity contribution in [2.45, 2.75) is 104 Å². The molecule has 1 amide bonds. The Kier molecular flexibility index (Phi) is 14.1. The highest BCUT2D eigenvalue weighted by atomic mass is 31.2. The molecule has 0 aliphatic carbocycles. The molecule has 4 N–H and O–H groups in total. The van der Waals surface area contributed by atoms with Crippen molar-refractivity contribution < 1.29 is 32.9 Å². The van der Waals surface area contributed by atoms with Crippen LogP contribution in [-0.2, 0) is 32.9 Å². The van der Waals surface area contributed by atoms with Gasteiger partial charge in [-0.05, 0) is 32.4 Å². The van der Waals surface area contributed by atoms with Crippen LogP contribution in [0.15, 0.2) is 36.7 Å². The summed E-state index contributed by atoms with van der Waals surface area (Å²) in [6.07, 6.45) is 10.9. The average molecular weight is 674 g/mol. The number of hydrogen-bond acceptors (Lipinski definition) is 11. The third-order valence-electron chi connectivity index (χ3n) is 7.74. The fourth-order valence-corrected chi connectivity index (χ4v) is 7.13. The molecule has 3 aromatic rings. The summed E-state index contributed by atoms with van der Waals surface area (Å²) in [6, 6.07) is 7.66. The first-order valence-electron chi connectivity index (χ1n) is 16.6. The van der Waals surface area contributed by atoms with E-state index in [9.17, 15) is 14.2 Å². The van der Waals surface area contributed by atoms with E-state index >= 15 is 0 Å². The lowest BCUT2D eigenvalue weighted by atomic mass is 10.1. The van der Waals surface area contributed by atoms with Crippen molar-refractivity contribution in [2.24, 2.45) is 0 Å². The van der Waals surface area contributed by atoms with Gasteiger partial charge in [-0.2, -0.15) is 9.97 Å². The van der Waals surface area contributed by atoms with Gasteiger partial charge in [-0.1, -0.05) is 76.5 Å². The van der Waals surface area contributed by atoms with E-state index in [1.165, 1.54) is 44.9 Å². The number of rotatable bonds is 20. The van der Waals surface area contributed by atoms with Gasteiger partial charge >= 0.3 is 13.5 Å². The smallest absolute Gasteiger partial charge is 0.323 e. The summed E-state index contributed by atoms with van der Waals surface area (Å²) < 4.78 is 38.4. The van der Waals surface area contributed by atoms with E-state index in [4.69, 9.17) is 24.5 Å². The zero-order valence-corrected chi connectivity index (χ0v) is 28.5. The third kappa shape index (κ3) is 10.5. The third-order valence-corrected chi connectivity index (χ3v) is 9.96. The second-order valence-corrected chi connectivity index (χ2v) is 13.7. The Balaban J connectivity index is 1.33. The van der Waals surface area contributed by atoms with Crippen LogP contribution in [-0.4, -0.2) is 63.5 Å². The highest BCUT2D eigenvalue weighted by molar-refractivity contribution is 7.65. The zero-order valence-electron chi connectivity index (χ0n) is 27.6. The molecule has 47 heavy (non-hydrogen) atoms. The number of ether oxygens (including phenoxy) is 3. The van der Waals surface area contributed by atoms with Gasteiger partial charge in [0.25, 0.3) is 0 Å². The molecule has 15 heteroatoms. The van der Waals surface area contributed by atoms with Crippen LogP contribution in [0.25, 0.3) is 11.2 Å². The van der Waals surface area contributed by atoms with E-state index in [0.29, 0.717) is 22.9 Å². The lowest BCUT2D eigenvalue weighted by Gasteiger charge is -2.24. The van der Waals surface area contributed by atoms with Crippen LogP contribution in [0.2, 0.25) is 0 Å². The number of carbonyl (C=O) groups is 2. The van der Waals surface area contributed by atoms with Gasteiger partial charge in [-0.25, -0.2) is 10.1 Å². The van der Waals surface area contributed by atoms with Gasteiger partial charge in [-0.15, -0.1) is 0 Å². The van der Waals surface area contributed by atoms with Crippen LogP contribution in [0.4, 0.5) is 11.8 Å². The number of benzene rings is 1. The van der Waals surface area contributed by atoms with Gasteiger partial charge < -0.3 is 29.8 Å². The quantitative estimate of drug-likeness (QED) is 0.0810. The van der Waals surface area contributed by atoms with Crippen LogP contribution in [0, 0.1) is 0 Å². The molecular formula is C32H48N7O7P. The molecular weight excluding hydrogens is 625 g/mol. The van der Waals surface area contributed by atoms with E-state index in [0.717, 1.165) is 19.3 Å². The van der Waals surface area contributed by atoms with E-state index in [1.807, 2.05) is 0 Å². The maximum atomic E-state index is 14.0. The van der Waals surface area contributed by atoms with Gasteiger partial charge in [-0.3, -0.25) is 18.7 Å². The molecule has 2 aromatic heterocycles. The highest BCUT2D eigenvalue weighted by Gasteiger charge is 2.35. The first-order valence-corrected chi connectivity index (χ1v) is 18.2. The molecule has 1 aliphatic heterocycles. The molecule has 1 fully saturated rings. The SMILES string of the molecule is CCCCCCCCCCCC(=O)Nc1nc(N)nc2c1ncn2[C@H]1CO[C@@H](COP(=O)(N[C@@H](C)C(=O)OCC)c2ccccc2)O1. The summed E-state index contributed by atoms with van der Waals surface area (Å²) >= 11 is 0. The number of nitrogens with two attached hydrogens (primary N) is 1. The van der Waals surface area contributed by atoms with E-state index in [2.05, 4.69) is 32.3 Å². The van der Waals surface area contributed by atoms with Gasteiger partial charge in [0, 0.05) is 6.42 Å². The average Bonchev–Trinajstić information content (AvgIpc) is 3.71. The number of esters is 1. The Morgan fingerprint density at radius 3 is 2.47 bits per heavy atom. The maximum Gasteiger partial charge on any atom is 0.323 e.